The number of benzene rings is 2. The molecule has 0 aromatic heterocycles. The average Bonchev–Trinajstić information content (AvgIpc) is 2.52. The molecule has 0 radical (unpaired) electrons. The van der Waals surface area contributed by atoms with Crippen LogP contribution in [0.25, 0.3) is 0 Å². The highest BCUT2D eigenvalue weighted by Crippen LogP contribution is 2.34. The van der Waals surface area contributed by atoms with Crippen molar-refractivity contribution in [1.29, 1.82) is 0 Å². The highest BCUT2D eigenvalue weighted by Gasteiger charge is 2.33. The second-order valence-electron chi connectivity index (χ2n) is 5.16. The summed E-state index contributed by atoms with van der Waals surface area (Å²) in [5.41, 5.74) is 2.99. The Balaban J connectivity index is 2.30. The first-order valence-corrected chi connectivity index (χ1v) is 6.91. The van der Waals surface area contributed by atoms with Crippen molar-refractivity contribution in [3.8, 4) is 0 Å². The van der Waals surface area contributed by atoms with Crippen LogP contribution in [0.15, 0.2) is 47.6 Å². The third-order valence-corrected chi connectivity index (χ3v) is 3.34. The highest BCUT2D eigenvalue weighted by molar-refractivity contribution is 5.99. The summed E-state index contributed by atoms with van der Waals surface area (Å²) in [6.45, 7) is 3.62. The number of nitrogens with one attached hydrogen (secondary N) is 1. The molecule has 24 heavy (non-hydrogen) atoms. The van der Waals surface area contributed by atoms with Crippen molar-refractivity contribution in [2.24, 2.45) is 5.10 Å². The fourth-order valence-corrected chi connectivity index (χ4v) is 1.96. The van der Waals surface area contributed by atoms with Gasteiger partial charge in [0.1, 0.15) is 5.69 Å². The molecule has 1 N–H and O–H groups in total. The molecular formula is C16H14F3N3O2. The van der Waals surface area contributed by atoms with Crippen molar-refractivity contribution < 1.29 is 18.1 Å². The Bertz CT molecular complexity index is 784. The Morgan fingerprint density at radius 2 is 1.79 bits per heavy atom. The maximum absolute atomic E-state index is 12.7. The van der Waals surface area contributed by atoms with E-state index in [1.54, 1.807) is 6.92 Å². The molecule has 0 aliphatic carbocycles. The summed E-state index contributed by atoms with van der Waals surface area (Å²) in [7, 11) is 0. The SMILES string of the molecule is C/C(=N/Nc1ccc(C(F)(F)F)cc1[N+](=O)[O-])c1ccc(C)cc1. The molecule has 0 saturated heterocycles. The number of halogens is 3. The molecule has 0 saturated carbocycles. The topological polar surface area (TPSA) is 67.5 Å². The van der Waals surface area contributed by atoms with Crippen LogP contribution in [0.5, 0.6) is 0 Å². The number of hydrazone groups is 1. The van der Waals surface area contributed by atoms with Crippen LogP contribution >= 0.6 is 0 Å². The van der Waals surface area contributed by atoms with Crippen molar-refractivity contribution in [2.45, 2.75) is 20.0 Å². The molecule has 0 bridgehead atoms. The van der Waals surface area contributed by atoms with Crippen LogP contribution in [-0.4, -0.2) is 10.6 Å². The van der Waals surface area contributed by atoms with Gasteiger partial charge in [-0.05, 0) is 31.5 Å². The van der Waals surface area contributed by atoms with Crippen LogP contribution in [0.4, 0.5) is 24.5 Å². The fraction of sp³-hybridized carbons (Fsp3) is 0.188. The number of aryl methyl sites for hydroxylation is 1. The number of rotatable bonds is 4. The van der Waals surface area contributed by atoms with E-state index in [-0.39, 0.29) is 5.69 Å². The first-order valence-electron chi connectivity index (χ1n) is 6.91. The first kappa shape index (κ1) is 17.5. The van der Waals surface area contributed by atoms with Gasteiger partial charge in [-0.3, -0.25) is 15.5 Å². The monoisotopic (exact) mass is 337 g/mol. The van der Waals surface area contributed by atoms with Gasteiger partial charge in [0.15, 0.2) is 0 Å². The van der Waals surface area contributed by atoms with Gasteiger partial charge < -0.3 is 0 Å². The van der Waals surface area contributed by atoms with Gasteiger partial charge in [0.25, 0.3) is 5.69 Å². The van der Waals surface area contributed by atoms with E-state index in [1.165, 1.54) is 0 Å². The van der Waals surface area contributed by atoms with E-state index in [1.807, 2.05) is 31.2 Å². The van der Waals surface area contributed by atoms with Crippen molar-refractivity contribution in [1.82, 2.24) is 0 Å². The number of hydrogen-bond donors (Lipinski definition) is 1. The molecule has 0 fully saturated rings. The highest BCUT2D eigenvalue weighted by atomic mass is 19.4. The van der Waals surface area contributed by atoms with E-state index in [9.17, 15) is 23.3 Å². The molecule has 0 aliphatic rings. The summed E-state index contributed by atoms with van der Waals surface area (Å²) < 4.78 is 38.0. The van der Waals surface area contributed by atoms with Gasteiger partial charge in [-0.25, -0.2) is 0 Å². The maximum Gasteiger partial charge on any atom is 0.416 e. The number of alkyl halides is 3. The Morgan fingerprint density at radius 1 is 1.17 bits per heavy atom. The van der Waals surface area contributed by atoms with E-state index in [2.05, 4.69) is 10.5 Å². The fourth-order valence-electron chi connectivity index (χ4n) is 1.96. The number of anilines is 1. The molecule has 0 heterocycles. The van der Waals surface area contributed by atoms with E-state index in [0.29, 0.717) is 11.8 Å². The Hall–Kier alpha value is -2.90. The van der Waals surface area contributed by atoms with Crippen LogP contribution < -0.4 is 5.43 Å². The summed E-state index contributed by atoms with van der Waals surface area (Å²) in [5, 5.41) is 15.0. The summed E-state index contributed by atoms with van der Waals surface area (Å²) >= 11 is 0. The largest absolute Gasteiger partial charge is 0.416 e. The number of nitro groups is 1. The number of nitrogens with zero attached hydrogens (tertiary/aromatic N) is 2. The van der Waals surface area contributed by atoms with Gasteiger partial charge in [-0.2, -0.15) is 18.3 Å². The Morgan fingerprint density at radius 3 is 2.33 bits per heavy atom. The molecule has 5 nitrogen and oxygen atoms in total. The molecule has 0 amide bonds. The first-order chi connectivity index (χ1) is 11.2. The Labute approximate surface area is 136 Å². The second kappa shape index (κ2) is 6.69. The summed E-state index contributed by atoms with van der Waals surface area (Å²) in [6.07, 6.45) is -4.65. The lowest BCUT2D eigenvalue weighted by Crippen LogP contribution is -2.07. The molecule has 0 spiro atoms. The molecule has 2 aromatic rings. The summed E-state index contributed by atoms with van der Waals surface area (Å²) in [6, 6.07) is 9.68. The van der Waals surface area contributed by atoms with E-state index in [4.69, 9.17) is 0 Å². The third kappa shape index (κ3) is 4.09. The molecule has 2 rings (SSSR count). The number of nitro benzene ring substituents is 1. The van der Waals surface area contributed by atoms with Gasteiger partial charge in [0.2, 0.25) is 0 Å². The predicted octanol–water partition coefficient (Wildman–Crippen LogP) is 4.76. The number of hydrogen-bond acceptors (Lipinski definition) is 4. The third-order valence-electron chi connectivity index (χ3n) is 3.34. The second-order valence-corrected chi connectivity index (χ2v) is 5.16. The van der Waals surface area contributed by atoms with Gasteiger partial charge in [-0.15, -0.1) is 0 Å². The van der Waals surface area contributed by atoms with Crippen molar-refractivity contribution in [2.75, 3.05) is 5.43 Å². The van der Waals surface area contributed by atoms with Crippen LogP contribution in [-0.2, 0) is 6.18 Å². The van der Waals surface area contributed by atoms with Crippen molar-refractivity contribution in [3.63, 3.8) is 0 Å². The minimum absolute atomic E-state index is 0.112. The summed E-state index contributed by atoms with van der Waals surface area (Å²) in [5.74, 6) is 0. The molecule has 0 atom stereocenters. The zero-order chi connectivity index (χ0) is 17.9. The zero-order valence-corrected chi connectivity index (χ0v) is 12.9. The lowest BCUT2D eigenvalue weighted by atomic mass is 10.1. The summed E-state index contributed by atoms with van der Waals surface area (Å²) in [4.78, 5) is 10.1. The Kier molecular flexibility index (Phi) is 4.87. The molecule has 0 unspecified atom stereocenters. The maximum atomic E-state index is 12.7. The zero-order valence-electron chi connectivity index (χ0n) is 12.9. The van der Waals surface area contributed by atoms with Crippen LogP contribution in [0.2, 0.25) is 0 Å². The molecule has 2 aromatic carbocycles. The molecule has 8 heteroatoms. The average molecular weight is 337 g/mol. The van der Waals surface area contributed by atoms with Crippen molar-refractivity contribution >= 4 is 17.1 Å². The molecular weight excluding hydrogens is 323 g/mol. The lowest BCUT2D eigenvalue weighted by molar-refractivity contribution is -0.384. The van der Waals surface area contributed by atoms with Crippen molar-refractivity contribution in [3.05, 3.63) is 69.3 Å². The van der Waals surface area contributed by atoms with Crippen LogP contribution in [0, 0.1) is 17.0 Å². The van der Waals surface area contributed by atoms with Crippen LogP contribution in [0.3, 0.4) is 0 Å². The molecule has 126 valence electrons. The van der Waals surface area contributed by atoms with Crippen LogP contribution in [0.1, 0.15) is 23.6 Å². The van der Waals surface area contributed by atoms with Gasteiger partial charge in [0.05, 0.1) is 16.2 Å². The van der Waals surface area contributed by atoms with Gasteiger partial charge >= 0.3 is 6.18 Å². The quantitative estimate of drug-likeness (QED) is 0.497. The minimum Gasteiger partial charge on any atom is -0.271 e. The minimum atomic E-state index is -4.65. The molecule has 0 aliphatic heterocycles. The van der Waals surface area contributed by atoms with E-state index < -0.39 is 22.4 Å². The normalized spacial score (nSPS) is 12.1. The predicted molar refractivity (Wildman–Crippen MR) is 85.1 cm³/mol. The van der Waals surface area contributed by atoms with E-state index in [0.717, 1.165) is 23.3 Å². The smallest absolute Gasteiger partial charge is 0.271 e. The van der Waals surface area contributed by atoms with E-state index >= 15 is 0 Å². The lowest BCUT2D eigenvalue weighted by Gasteiger charge is -2.09. The standard InChI is InChI=1S/C16H14F3N3O2/c1-10-3-5-12(6-4-10)11(2)20-21-14-8-7-13(16(17,18)19)9-15(14)22(23)24/h3-9,21H,1-2H3/b20-11-. The van der Waals surface area contributed by atoms with Gasteiger partial charge in [0, 0.05) is 6.07 Å². The van der Waals surface area contributed by atoms with Gasteiger partial charge in [-0.1, -0.05) is 29.8 Å².